The quantitative estimate of drug-likeness (QED) is 0.753. The Kier molecular flexibility index (Phi) is 3.68. The Morgan fingerprint density at radius 2 is 1.86 bits per heavy atom. The van der Waals surface area contributed by atoms with E-state index in [9.17, 15) is 9.59 Å². The Morgan fingerprint density at radius 1 is 1.14 bits per heavy atom. The molecule has 0 unspecified atom stereocenters. The lowest BCUT2D eigenvalue weighted by Crippen LogP contribution is -2.27. The van der Waals surface area contributed by atoms with E-state index in [1.165, 1.54) is 0 Å². The second-order valence-corrected chi connectivity index (χ2v) is 3.32. The summed E-state index contributed by atoms with van der Waals surface area (Å²) in [5.74, 6) is 0. The summed E-state index contributed by atoms with van der Waals surface area (Å²) in [4.78, 5) is 27.4. The molecule has 0 aliphatic heterocycles. The molecule has 0 bridgehead atoms. The number of hydrogen-bond acceptors (Lipinski definition) is 2. The molecule has 0 atom stereocenters. The van der Waals surface area contributed by atoms with Crippen LogP contribution in [-0.2, 0) is 12.8 Å². The molecule has 0 aliphatic carbocycles. The summed E-state index contributed by atoms with van der Waals surface area (Å²) in [6.07, 6.45) is 3.45. The first kappa shape index (κ1) is 10.8. The molecule has 0 saturated heterocycles. The zero-order chi connectivity index (χ0) is 10.6. The van der Waals surface area contributed by atoms with E-state index in [2.05, 4.69) is 16.9 Å². The average Bonchev–Trinajstić information content (AvgIpc) is 2.15. The summed E-state index contributed by atoms with van der Waals surface area (Å²) < 4.78 is 0. The van der Waals surface area contributed by atoms with Gasteiger partial charge in [0.1, 0.15) is 0 Å². The minimum atomic E-state index is -0.410. The minimum absolute atomic E-state index is 0.237. The van der Waals surface area contributed by atoms with Gasteiger partial charge in [0, 0.05) is 11.3 Å². The molecule has 1 heterocycles. The summed E-state index contributed by atoms with van der Waals surface area (Å²) in [5, 5.41) is 0. The molecular formula is C10H16N2O2. The summed E-state index contributed by atoms with van der Waals surface area (Å²) in [6, 6.07) is 0. The molecule has 0 amide bonds. The molecule has 0 radical (unpaired) electrons. The minimum Gasteiger partial charge on any atom is -0.311 e. The summed E-state index contributed by atoms with van der Waals surface area (Å²) in [7, 11) is 0. The van der Waals surface area contributed by atoms with Gasteiger partial charge in [-0.05, 0) is 19.3 Å². The van der Waals surface area contributed by atoms with E-state index in [0.717, 1.165) is 30.5 Å². The fraction of sp³-hybridized carbons (Fsp3) is 0.600. The van der Waals surface area contributed by atoms with Gasteiger partial charge in [0.25, 0.3) is 5.56 Å². The van der Waals surface area contributed by atoms with Crippen LogP contribution in [0, 0.1) is 0 Å². The molecule has 0 saturated carbocycles. The third-order valence-corrected chi connectivity index (χ3v) is 2.26. The molecule has 0 spiro atoms. The van der Waals surface area contributed by atoms with Crippen molar-refractivity contribution in [3.8, 4) is 0 Å². The van der Waals surface area contributed by atoms with Crippen molar-refractivity contribution in [2.45, 2.75) is 39.5 Å². The molecule has 14 heavy (non-hydrogen) atoms. The van der Waals surface area contributed by atoms with Crippen molar-refractivity contribution in [3.63, 3.8) is 0 Å². The van der Waals surface area contributed by atoms with Crippen molar-refractivity contribution >= 4 is 0 Å². The van der Waals surface area contributed by atoms with Gasteiger partial charge < -0.3 is 4.98 Å². The zero-order valence-corrected chi connectivity index (χ0v) is 8.64. The highest BCUT2D eigenvalue weighted by atomic mass is 16.2. The Hall–Kier alpha value is -1.32. The Balaban J connectivity index is 3.12. The monoisotopic (exact) mass is 196 g/mol. The maximum Gasteiger partial charge on any atom is 0.325 e. The van der Waals surface area contributed by atoms with Gasteiger partial charge in [-0.25, -0.2) is 4.79 Å². The van der Waals surface area contributed by atoms with E-state index >= 15 is 0 Å². The molecular weight excluding hydrogens is 180 g/mol. The molecule has 4 heteroatoms. The smallest absolute Gasteiger partial charge is 0.311 e. The lowest BCUT2D eigenvalue weighted by Gasteiger charge is -2.04. The van der Waals surface area contributed by atoms with Crippen LogP contribution in [-0.4, -0.2) is 9.97 Å². The van der Waals surface area contributed by atoms with Gasteiger partial charge in [-0.3, -0.25) is 9.78 Å². The highest BCUT2D eigenvalue weighted by Gasteiger charge is 2.06. The van der Waals surface area contributed by atoms with Crippen molar-refractivity contribution in [1.82, 2.24) is 9.97 Å². The van der Waals surface area contributed by atoms with E-state index in [1.807, 2.05) is 6.92 Å². The molecule has 4 nitrogen and oxygen atoms in total. The van der Waals surface area contributed by atoms with Crippen molar-refractivity contribution in [3.05, 3.63) is 32.1 Å². The number of aryl methyl sites for hydroxylation is 1. The fourth-order valence-electron chi connectivity index (χ4n) is 1.48. The van der Waals surface area contributed by atoms with Crippen LogP contribution in [0.25, 0.3) is 0 Å². The first-order valence-corrected chi connectivity index (χ1v) is 5.03. The molecule has 1 rings (SSSR count). The molecule has 0 aliphatic rings. The first-order chi connectivity index (χ1) is 6.69. The lowest BCUT2D eigenvalue weighted by molar-refractivity contribution is 0.759. The number of rotatable bonds is 4. The second-order valence-electron chi connectivity index (χ2n) is 3.32. The van der Waals surface area contributed by atoms with Crippen LogP contribution in [0.15, 0.2) is 9.59 Å². The van der Waals surface area contributed by atoms with Crippen LogP contribution in [0.5, 0.6) is 0 Å². The number of hydrogen-bond donors (Lipinski definition) is 2. The number of nitrogens with one attached hydrogen (secondary N) is 2. The van der Waals surface area contributed by atoms with Gasteiger partial charge in [-0.1, -0.05) is 20.3 Å². The molecule has 0 aromatic carbocycles. The number of unbranched alkanes of at least 4 members (excludes halogenated alkanes) is 1. The SMILES string of the molecule is CCCCc1c(CC)[nH]c(=O)[nH]c1=O. The number of H-pyrrole nitrogens is 2. The largest absolute Gasteiger partial charge is 0.325 e. The van der Waals surface area contributed by atoms with Crippen LogP contribution < -0.4 is 11.2 Å². The van der Waals surface area contributed by atoms with Crippen molar-refractivity contribution < 1.29 is 0 Å². The van der Waals surface area contributed by atoms with Crippen LogP contribution in [0.3, 0.4) is 0 Å². The van der Waals surface area contributed by atoms with Crippen LogP contribution in [0.4, 0.5) is 0 Å². The van der Waals surface area contributed by atoms with E-state index in [-0.39, 0.29) is 5.56 Å². The lowest BCUT2D eigenvalue weighted by atomic mass is 10.1. The molecule has 0 fully saturated rings. The van der Waals surface area contributed by atoms with E-state index in [0.29, 0.717) is 6.42 Å². The second kappa shape index (κ2) is 4.79. The molecule has 78 valence electrons. The zero-order valence-electron chi connectivity index (χ0n) is 8.64. The Labute approximate surface area is 82.4 Å². The van der Waals surface area contributed by atoms with Crippen LogP contribution in [0.1, 0.15) is 37.9 Å². The standard InChI is InChI=1S/C10H16N2O2/c1-3-5-6-7-8(4-2)11-10(14)12-9(7)13/h3-6H2,1-2H3,(H2,11,12,13,14). The first-order valence-electron chi connectivity index (χ1n) is 5.03. The van der Waals surface area contributed by atoms with Crippen LogP contribution in [0.2, 0.25) is 0 Å². The van der Waals surface area contributed by atoms with Gasteiger partial charge in [0.2, 0.25) is 0 Å². The van der Waals surface area contributed by atoms with Crippen molar-refractivity contribution in [2.75, 3.05) is 0 Å². The number of aromatic amines is 2. The normalized spacial score (nSPS) is 10.4. The van der Waals surface area contributed by atoms with E-state index < -0.39 is 5.69 Å². The highest BCUT2D eigenvalue weighted by Crippen LogP contribution is 2.03. The van der Waals surface area contributed by atoms with Gasteiger partial charge >= 0.3 is 5.69 Å². The fourth-order valence-corrected chi connectivity index (χ4v) is 1.48. The Morgan fingerprint density at radius 3 is 2.43 bits per heavy atom. The molecule has 1 aromatic rings. The van der Waals surface area contributed by atoms with Gasteiger partial charge in [-0.2, -0.15) is 0 Å². The predicted octanol–water partition coefficient (Wildman–Crippen LogP) is 0.968. The van der Waals surface area contributed by atoms with E-state index in [1.54, 1.807) is 0 Å². The maximum atomic E-state index is 11.5. The van der Waals surface area contributed by atoms with Crippen LogP contribution >= 0.6 is 0 Å². The van der Waals surface area contributed by atoms with Gasteiger partial charge in [0.05, 0.1) is 0 Å². The van der Waals surface area contributed by atoms with Crippen molar-refractivity contribution in [2.24, 2.45) is 0 Å². The topological polar surface area (TPSA) is 65.7 Å². The average molecular weight is 196 g/mol. The summed E-state index contributed by atoms with van der Waals surface area (Å²) in [5.41, 5.74) is 0.854. The van der Waals surface area contributed by atoms with E-state index in [4.69, 9.17) is 0 Å². The summed E-state index contributed by atoms with van der Waals surface area (Å²) in [6.45, 7) is 4.01. The van der Waals surface area contributed by atoms with Gasteiger partial charge in [-0.15, -0.1) is 0 Å². The van der Waals surface area contributed by atoms with Gasteiger partial charge in [0.15, 0.2) is 0 Å². The molecule has 1 aromatic heterocycles. The molecule has 2 N–H and O–H groups in total. The maximum absolute atomic E-state index is 11.5. The third kappa shape index (κ3) is 2.34. The third-order valence-electron chi connectivity index (χ3n) is 2.26. The summed E-state index contributed by atoms with van der Waals surface area (Å²) >= 11 is 0. The number of aromatic nitrogens is 2. The highest BCUT2D eigenvalue weighted by molar-refractivity contribution is 5.16. The van der Waals surface area contributed by atoms with Crippen molar-refractivity contribution in [1.29, 1.82) is 0 Å². The predicted molar refractivity (Wildman–Crippen MR) is 55.7 cm³/mol. The Bertz CT molecular complexity index is 403.